The molecule has 2 fully saturated rings. The van der Waals surface area contributed by atoms with Crippen LogP contribution in [0, 0.1) is 5.92 Å². The second-order valence-electron chi connectivity index (χ2n) is 7.84. The summed E-state index contributed by atoms with van der Waals surface area (Å²) in [6, 6.07) is 3.07. The van der Waals surface area contributed by atoms with Gasteiger partial charge in [-0.1, -0.05) is 23.7 Å². The summed E-state index contributed by atoms with van der Waals surface area (Å²) >= 11 is 5.99. The van der Waals surface area contributed by atoms with E-state index in [-0.39, 0.29) is 18.0 Å². The zero-order valence-electron chi connectivity index (χ0n) is 16.9. The molecule has 29 heavy (non-hydrogen) atoms. The summed E-state index contributed by atoms with van der Waals surface area (Å²) in [5.41, 5.74) is 7.43. The number of rotatable bonds is 10. The summed E-state index contributed by atoms with van der Waals surface area (Å²) < 4.78 is 5.94. The minimum absolute atomic E-state index is 0.0305. The monoisotopic (exact) mass is 417 g/mol. The molecule has 7 heteroatoms. The Labute approximate surface area is 176 Å². The second-order valence-corrected chi connectivity index (χ2v) is 8.43. The van der Waals surface area contributed by atoms with Crippen molar-refractivity contribution < 1.29 is 14.3 Å². The molecule has 0 unspecified atom stereocenters. The molecule has 1 aromatic rings. The van der Waals surface area contributed by atoms with Gasteiger partial charge in [0.25, 0.3) is 5.91 Å². The molecule has 6 nitrogen and oxygen atoms in total. The fourth-order valence-corrected chi connectivity index (χ4v) is 3.31. The summed E-state index contributed by atoms with van der Waals surface area (Å²) in [6.45, 7) is 4.19. The third-order valence-electron chi connectivity index (χ3n) is 5.10. The number of nitrogens with zero attached hydrogens (tertiary/aromatic N) is 1. The van der Waals surface area contributed by atoms with E-state index in [0.29, 0.717) is 34.9 Å². The average molecular weight is 418 g/mol. The van der Waals surface area contributed by atoms with E-state index in [2.05, 4.69) is 10.3 Å². The van der Waals surface area contributed by atoms with Crippen molar-refractivity contribution in [2.75, 3.05) is 6.61 Å². The summed E-state index contributed by atoms with van der Waals surface area (Å²) in [6.07, 6.45) is 8.11. The van der Waals surface area contributed by atoms with Gasteiger partial charge in [-0.15, -0.1) is 0 Å². The highest BCUT2D eigenvalue weighted by atomic mass is 35.5. The van der Waals surface area contributed by atoms with Gasteiger partial charge in [-0.25, -0.2) is 4.98 Å². The van der Waals surface area contributed by atoms with Gasteiger partial charge in [0.15, 0.2) is 0 Å². The van der Waals surface area contributed by atoms with E-state index in [4.69, 9.17) is 22.1 Å². The maximum absolute atomic E-state index is 12.9. The molecule has 0 bridgehead atoms. The van der Waals surface area contributed by atoms with Gasteiger partial charge in [-0.3, -0.25) is 9.59 Å². The first-order valence-electron chi connectivity index (χ1n) is 10.1. The first-order chi connectivity index (χ1) is 13.9. The van der Waals surface area contributed by atoms with Crippen molar-refractivity contribution in [1.29, 1.82) is 0 Å². The number of amides is 2. The Morgan fingerprint density at radius 1 is 1.34 bits per heavy atom. The largest absolute Gasteiger partial charge is 0.477 e. The van der Waals surface area contributed by atoms with Crippen LogP contribution in [0.1, 0.15) is 67.9 Å². The lowest BCUT2D eigenvalue weighted by Gasteiger charge is -2.19. The predicted octanol–water partition coefficient (Wildman–Crippen LogP) is 3.81. The molecule has 2 amide bonds. The zero-order valence-corrected chi connectivity index (χ0v) is 17.7. The molecule has 2 aliphatic carbocycles. The minimum atomic E-state index is -0.584. The molecule has 156 valence electrons. The minimum Gasteiger partial charge on any atom is -0.477 e. The summed E-state index contributed by atoms with van der Waals surface area (Å²) in [7, 11) is 0. The first kappa shape index (κ1) is 21.4. The van der Waals surface area contributed by atoms with Gasteiger partial charge in [0.1, 0.15) is 5.69 Å². The van der Waals surface area contributed by atoms with E-state index in [1.54, 1.807) is 25.1 Å². The van der Waals surface area contributed by atoms with Gasteiger partial charge in [-0.2, -0.15) is 0 Å². The van der Waals surface area contributed by atoms with E-state index >= 15 is 0 Å². The third-order valence-corrected chi connectivity index (χ3v) is 5.21. The molecule has 2 saturated carbocycles. The van der Waals surface area contributed by atoms with E-state index in [0.717, 1.165) is 18.4 Å². The van der Waals surface area contributed by atoms with Crippen LogP contribution in [0.15, 0.2) is 34.9 Å². The zero-order chi connectivity index (χ0) is 21.0. The lowest BCUT2D eigenvalue weighted by Crippen LogP contribution is -2.39. The number of aromatic nitrogens is 1. The molecule has 3 rings (SSSR count). The maximum Gasteiger partial charge on any atom is 0.270 e. The van der Waals surface area contributed by atoms with E-state index in [1.807, 2.05) is 13.0 Å². The quantitative estimate of drug-likeness (QED) is 0.566. The van der Waals surface area contributed by atoms with Gasteiger partial charge in [0.05, 0.1) is 19.1 Å². The number of nitrogens with two attached hydrogens (primary N) is 1. The Hall–Kier alpha value is -2.34. The van der Waals surface area contributed by atoms with Crippen LogP contribution < -0.4 is 15.8 Å². The third kappa shape index (κ3) is 6.32. The molecular formula is C22H28ClN3O3. The highest BCUT2D eigenvalue weighted by molar-refractivity contribution is 6.29. The van der Waals surface area contributed by atoms with Crippen LogP contribution in [-0.4, -0.2) is 29.4 Å². The summed E-state index contributed by atoms with van der Waals surface area (Å²) in [5.74, 6) is 0.740. The van der Waals surface area contributed by atoms with Crippen molar-refractivity contribution in [3.63, 3.8) is 0 Å². The van der Waals surface area contributed by atoms with Gasteiger partial charge < -0.3 is 15.8 Å². The average Bonchev–Trinajstić information content (AvgIpc) is 3.56. The van der Waals surface area contributed by atoms with Crippen molar-refractivity contribution in [1.82, 2.24) is 10.3 Å². The topological polar surface area (TPSA) is 94.3 Å². The SMILES string of the molecule is C/C=C(\C=C(/C)Cl)[C@@H](CC(N)=O)NC(=O)c1ccc(C2CC2)c(OCC2CC2)n1. The summed E-state index contributed by atoms with van der Waals surface area (Å²) in [4.78, 5) is 28.9. The van der Waals surface area contributed by atoms with Crippen molar-refractivity contribution in [3.8, 4) is 5.88 Å². The van der Waals surface area contributed by atoms with Crippen LogP contribution in [0.4, 0.5) is 0 Å². The lowest BCUT2D eigenvalue weighted by molar-refractivity contribution is -0.118. The number of halogens is 1. The first-order valence-corrected chi connectivity index (χ1v) is 10.5. The van der Waals surface area contributed by atoms with Crippen LogP contribution in [0.3, 0.4) is 0 Å². The van der Waals surface area contributed by atoms with E-state index < -0.39 is 11.9 Å². The van der Waals surface area contributed by atoms with E-state index in [1.165, 1.54) is 12.8 Å². The van der Waals surface area contributed by atoms with Gasteiger partial charge in [0.2, 0.25) is 11.8 Å². The number of hydrogen-bond acceptors (Lipinski definition) is 4. The molecule has 1 atom stereocenters. The molecule has 3 N–H and O–H groups in total. The van der Waals surface area contributed by atoms with Crippen LogP contribution in [0.2, 0.25) is 0 Å². The number of carbonyl (C=O) groups excluding carboxylic acids is 2. The van der Waals surface area contributed by atoms with Gasteiger partial charge in [0, 0.05) is 10.6 Å². The van der Waals surface area contributed by atoms with E-state index in [9.17, 15) is 9.59 Å². The predicted molar refractivity (Wildman–Crippen MR) is 113 cm³/mol. The van der Waals surface area contributed by atoms with Crippen LogP contribution >= 0.6 is 11.6 Å². The van der Waals surface area contributed by atoms with Crippen molar-refractivity contribution >= 4 is 23.4 Å². The smallest absolute Gasteiger partial charge is 0.270 e. The highest BCUT2D eigenvalue weighted by Gasteiger charge is 2.30. The molecule has 0 aliphatic heterocycles. The molecule has 0 radical (unpaired) electrons. The lowest BCUT2D eigenvalue weighted by atomic mass is 10.0. The number of hydrogen-bond donors (Lipinski definition) is 2. The Balaban J connectivity index is 1.78. The number of nitrogens with one attached hydrogen (secondary N) is 1. The molecule has 1 heterocycles. The number of ether oxygens (including phenoxy) is 1. The van der Waals surface area contributed by atoms with Crippen LogP contribution in [0.5, 0.6) is 5.88 Å². The van der Waals surface area contributed by atoms with Crippen LogP contribution in [0.25, 0.3) is 0 Å². The number of allylic oxidation sites excluding steroid dienone is 2. The second kappa shape index (κ2) is 9.44. The standard InChI is InChI=1S/C22H28ClN3O3/c1-3-15(10-13(2)23)19(11-20(24)27)25-21(28)18-9-8-17(16-6-7-16)22(26-18)29-12-14-4-5-14/h3,8-10,14,16,19H,4-7,11-12H2,1-2H3,(H2,24,27)(H,25,28)/b13-10+,15-3+/t19-/m1/s1. The molecule has 2 aliphatic rings. The van der Waals surface area contributed by atoms with Gasteiger partial charge in [-0.05, 0) is 69.1 Å². The van der Waals surface area contributed by atoms with Crippen LogP contribution in [-0.2, 0) is 4.79 Å². The fourth-order valence-electron chi connectivity index (χ4n) is 3.18. The molecular weight excluding hydrogens is 390 g/mol. The fraction of sp³-hybridized carbons (Fsp3) is 0.500. The van der Waals surface area contributed by atoms with Crippen molar-refractivity contribution in [3.05, 3.63) is 46.1 Å². The molecule has 0 spiro atoms. The molecule has 1 aromatic heterocycles. The Morgan fingerprint density at radius 2 is 2.07 bits per heavy atom. The Bertz CT molecular complexity index is 838. The number of carbonyl (C=O) groups is 2. The molecule has 0 saturated heterocycles. The molecule has 0 aromatic carbocycles. The Kier molecular flexibility index (Phi) is 6.96. The highest BCUT2D eigenvalue weighted by Crippen LogP contribution is 2.44. The number of primary amides is 1. The Morgan fingerprint density at radius 3 is 2.62 bits per heavy atom. The normalized spacial score (nSPS) is 18.3. The maximum atomic E-state index is 12.9. The number of pyridine rings is 1. The van der Waals surface area contributed by atoms with Crippen molar-refractivity contribution in [2.45, 2.75) is 57.9 Å². The van der Waals surface area contributed by atoms with Crippen molar-refractivity contribution in [2.24, 2.45) is 11.7 Å². The van der Waals surface area contributed by atoms with Gasteiger partial charge >= 0.3 is 0 Å². The summed E-state index contributed by atoms with van der Waals surface area (Å²) in [5, 5.41) is 3.41.